The van der Waals surface area contributed by atoms with Gasteiger partial charge in [0.25, 0.3) is 0 Å². The van der Waals surface area contributed by atoms with Gasteiger partial charge in [0, 0.05) is 30.8 Å². The Morgan fingerprint density at radius 3 is 2.52 bits per heavy atom. The van der Waals surface area contributed by atoms with E-state index in [9.17, 15) is 9.59 Å². The zero-order valence-electron chi connectivity index (χ0n) is 14.0. The molecule has 2 amide bonds. The van der Waals surface area contributed by atoms with Crippen LogP contribution in [-0.2, 0) is 14.3 Å². The maximum atomic E-state index is 12.4. The smallest absolute Gasteiger partial charge is 0.223 e. The Kier molecular flexibility index (Phi) is 6.19. The normalized spacial score (nSPS) is 15.6. The van der Waals surface area contributed by atoms with Crippen LogP contribution in [0.3, 0.4) is 0 Å². The van der Waals surface area contributed by atoms with Gasteiger partial charge in [-0.15, -0.1) is 11.3 Å². The highest BCUT2D eigenvalue weighted by Gasteiger charge is 2.20. The zero-order chi connectivity index (χ0) is 17.5. The van der Waals surface area contributed by atoms with E-state index >= 15 is 0 Å². The number of ether oxygens (including phenoxy) is 1. The van der Waals surface area contributed by atoms with E-state index in [1.54, 1.807) is 16.2 Å². The molecule has 0 radical (unpaired) electrons. The molecule has 1 fully saturated rings. The average molecular weight is 358 g/mol. The second-order valence-electron chi connectivity index (χ2n) is 5.92. The van der Waals surface area contributed by atoms with Gasteiger partial charge in [0.2, 0.25) is 11.8 Å². The Balaban J connectivity index is 1.58. The van der Waals surface area contributed by atoms with Crippen molar-refractivity contribution in [2.75, 3.05) is 26.3 Å². The summed E-state index contributed by atoms with van der Waals surface area (Å²) in [7, 11) is 0. The third-order valence-corrected chi connectivity index (χ3v) is 5.13. The number of carbonyl (C=O) groups is 2. The van der Waals surface area contributed by atoms with Gasteiger partial charge in [0.1, 0.15) is 0 Å². The van der Waals surface area contributed by atoms with Crippen LogP contribution < -0.4 is 5.32 Å². The minimum Gasteiger partial charge on any atom is -0.378 e. The van der Waals surface area contributed by atoms with E-state index in [-0.39, 0.29) is 30.7 Å². The predicted octanol–water partition coefficient (Wildman–Crippen LogP) is 2.59. The van der Waals surface area contributed by atoms with Crippen molar-refractivity contribution in [2.24, 2.45) is 0 Å². The summed E-state index contributed by atoms with van der Waals surface area (Å²) in [6.45, 7) is 2.38. The highest BCUT2D eigenvalue weighted by molar-refractivity contribution is 7.10. The third kappa shape index (κ3) is 4.90. The molecule has 1 unspecified atom stereocenters. The van der Waals surface area contributed by atoms with Crippen LogP contribution in [-0.4, -0.2) is 43.0 Å². The van der Waals surface area contributed by atoms with Crippen LogP contribution >= 0.6 is 11.3 Å². The van der Waals surface area contributed by atoms with Crippen molar-refractivity contribution >= 4 is 23.2 Å². The number of rotatable bonds is 6. The maximum absolute atomic E-state index is 12.4. The van der Waals surface area contributed by atoms with Crippen molar-refractivity contribution in [1.29, 1.82) is 0 Å². The number of thiophene rings is 1. The second kappa shape index (κ2) is 8.78. The van der Waals surface area contributed by atoms with E-state index in [1.807, 2.05) is 47.8 Å². The molecule has 25 heavy (non-hydrogen) atoms. The standard InChI is InChI=1S/C19H22N2O3S/c22-17(8-9-18(23)21-10-12-24-13-11-21)20-19(16-7-4-14-25-16)15-5-2-1-3-6-15/h1-7,14,19H,8-13H2,(H,20,22). The molecule has 132 valence electrons. The van der Waals surface area contributed by atoms with Gasteiger partial charge >= 0.3 is 0 Å². The summed E-state index contributed by atoms with van der Waals surface area (Å²) in [6, 6.07) is 13.7. The molecular weight excluding hydrogens is 336 g/mol. The predicted molar refractivity (Wildman–Crippen MR) is 97.4 cm³/mol. The van der Waals surface area contributed by atoms with E-state index < -0.39 is 0 Å². The number of nitrogens with one attached hydrogen (secondary N) is 1. The fourth-order valence-corrected chi connectivity index (χ4v) is 3.65. The lowest BCUT2D eigenvalue weighted by molar-refractivity contribution is -0.137. The molecule has 2 aromatic rings. The quantitative estimate of drug-likeness (QED) is 0.863. The number of amides is 2. The second-order valence-corrected chi connectivity index (χ2v) is 6.90. The van der Waals surface area contributed by atoms with Gasteiger partial charge in [-0.05, 0) is 17.0 Å². The topological polar surface area (TPSA) is 58.6 Å². The molecule has 1 aliphatic heterocycles. The highest BCUT2D eigenvalue weighted by Crippen LogP contribution is 2.26. The summed E-state index contributed by atoms with van der Waals surface area (Å²) in [5, 5.41) is 5.07. The van der Waals surface area contributed by atoms with Crippen LogP contribution in [0.15, 0.2) is 47.8 Å². The van der Waals surface area contributed by atoms with E-state index in [4.69, 9.17) is 4.74 Å². The Bertz CT molecular complexity index is 682. The van der Waals surface area contributed by atoms with E-state index in [0.29, 0.717) is 26.3 Å². The van der Waals surface area contributed by atoms with Crippen LogP contribution in [0.5, 0.6) is 0 Å². The van der Waals surface area contributed by atoms with Crippen molar-refractivity contribution in [3.63, 3.8) is 0 Å². The van der Waals surface area contributed by atoms with Crippen LogP contribution in [0.1, 0.15) is 29.3 Å². The van der Waals surface area contributed by atoms with Gasteiger partial charge in [0.05, 0.1) is 19.3 Å². The molecule has 6 heteroatoms. The Morgan fingerprint density at radius 1 is 1.08 bits per heavy atom. The lowest BCUT2D eigenvalue weighted by Crippen LogP contribution is -2.41. The molecule has 1 atom stereocenters. The molecule has 0 bridgehead atoms. The summed E-state index contributed by atoms with van der Waals surface area (Å²) >= 11 is 1.61. The molecule has 0 saturated carbocycles. The molecule has 5 nitrogen and oxygen atoms in total. The molecule has 1 aromatic carbocycles. The van der Waals surface area contributed by atoms with Crippen molar-refractivity contribution in [2.45, 2.75) is 18.9 Å². The minimum atomic E-state index is -0.174. The molecule has 1 aliphatic rings. The molecular formula is C19H22N2O3S. The largest absolute Gasteiger partial charge is 0.378 e. The van der Waals surface area contributed by atoms with Gasteiger partial charge in [-0.2, -0.15) is 0 Å². The number of nitrogens with zero attached hydrogens (tertiary/aromatic N) is 1. The minimum absolute atomic E-state index is 0.0193. The van der Waals surface area contributed by atoms with Crippen LogP contribution in [0, 0.1) is 0 Å². The maximum Gasteiger partial charge on any atom is 0.223 e. The summed E-state index contributed by atoms with van der Waals surface area (Å²) in [6.07, 6.45) is 0.433. The highest BCUT2D eigenvalue weighted by atomic mass is 32.1. The number of carbonyl (C=O) groups excluding carboxylic acids is 2. The number of hydrogen-bond acceptors (Lipinski definition) is 4. The molecule has 2 heterocycles. The van der Waals surface area contributed by atoms with Crippen LogP contribution in [0.4, 0.5) is 0 Å². The zero-order valence-corrected chi connectivity index (χ0v) is 14.8. The Hall–Kier alpha value is -2.18. The Labute approximate surface area is 151 Å². The third-order valence-electron chi connectivity index (χ3n) is 4.20. The van der Waals surface area contributed by atoms with Gasteiger partial charge in [-0.3, -0.25) is 9.59 Å². The van der Waals surface area contributed by atoms with Gasteiger partial charge in [0.15, 0.2) is 0 Å². The fraction of sp³-hybridized carbons (Fsp3) is 0.368. The lowest BCUT2D eigenvalue weighted by Gasteiger charge is -2.27. The first-order valence-electron chi connectivity index (χ1n) is 8.47. The van der Waals surface area contributed by atoms with Crippen molar-refractivity contribution < 1.29 is 14.3 Å². The van der Waals surface area contributed by atoms with Gasteiger partial charge < -0.3 is 15.0 Å². The van der Waals surface area contributed by atoms with E-state index in [1.165, 1.54) is 0 Å². The molecule has 3 rings (SSSR count). The SMILES string of the molecule is O=C(CCC(=O)N1CCOCC1)NC(c1ccccc1)c1cccs1. The van der Waals surface area contributed by atoms with Gasteiger partial charge in [-0.1, -0.05) is 36.4 Å². The monoisotopic (exact) mass is 358 g/mol. The van der Waals surface area contributed by atoms with Crippen molar-refractivity contribution in [3.8, 4) is 0 Å². The average Bonchev–Trinajstić information content (AvgIpc) is 3.20. The molecule has 1 N–H and O–H groups in total. The molecule has 1 aromatic heterocycles. The molecule has 1 saturated heterocycles. The first-order valence-corrected chi connectivity index (χ1v) is 9.35. The van der Waals surface area contributed by atoms with Crippen LogP contribution in [0.25, 0.3) is 0 Å². The van der Waals surface area contributed by atoms with E-state index in [2.05, 4.69) is 5.32 Å². The van der Waals surface area contributed by atoms with E-state index in [0.717, 1.165) is 10.4 Å². The molecule has 0 spiro atoms. The summed E-state index contributed by atoms with van der Waals surface area (Å²) in [5.74, 6) is -0.0882. The van der Waals surface area contributed by atoms with Crippen LogP contribution in [0.2, 0.25) is 0 Å². The number of hydrogen-bond donors (Lipinski definition) is 1. The fourth-order valence-electron chi connectivity index (χ4n) is 2.84. The summed E-state index contributed by atoms with van der Waals surface area (Å²) in [4.78, 5) is 27.4. The van der Waals surface area contributed by atoms with Crippen molar-refractivity contribution in [3.05, 3.63) is 58.3 Å². The number of benzene rings is 1. The first-order chi connectivity index (χ1) is 12.2. The van der Waals surface area contributed by atoms with Gasteiger partial charge in [-0.25, -0.2) is 0 Å². The number of morpholine rings is 1. The Morgan fingerprint density at radius 2 is 1.84 bits per heavy atom. The van der Waals surface area contributed by atoms with Crippen molar-refractivity contribution in [1.82, 2.24) is 10.2 Å². The summed E-state index contributed by atoms with van der Waals surface area (Å²) in [5.41, 5.74) is 1.04. The summed E-state index contributed by atoms with van der Waals surface area (Å²) < 4.78 is 5.25. The lowest BCUT2D eigenvalue weighted by atomic mass is 10.1. The first kappa shape index (κ1) is 17.6. The molecule has 0 aliphatic carbocycles.